The number of amides is 1. The van der Waals surface area contributed by atoms with Gasteiger partial charge in [0.1, 0.15) is 11.8 Å². The Hall–Kier alpha value is -4.73. The molecule has 178 valence electrons. The number of fused-ring (bicyclic) bond motifs is 1. The highest BCUT2D eigenvalue weighted by molar-refractivity contribution is 5.95. The van der Waals surface area contributed by atoms with Gasteiger partial charge in [0.05, 0.1) is 28.6 Å². The molecular formula is C25H22N4O6. The lowest BCUT2D eigenvalue weighted by Crippen LogP contribution is -2.43. The van der Waals surface area contributed by atoms with Crippen LogP contribution in [0.3, 0.4) is 0 Å². The first-order valence-corrected chi connectivity index (χ1v) is 10.8. The van der Waals surface area contributed by atoms with Crippen molar-refractivity contribution in [3.05, 3.63) is 104 Å². The number of carbonyl (C=O) groups excluding carboxylic acids is 1. The normalized spacial score (nSPS) is 11.7. The number of benzene rings is 3. The number of nitro benzene ring substituents is 1. The van der Waals surface area contributed by atoms with Crippen molar-refractivity contribution in [3.63, 3.8) is 0 Å². The molecule has 3 aromatic carbocycles. The summed E-state index contributed by atoms with van der Waals surface area (Å²) in [7, 11) is 1.54. The number of anilines is 1. The van der Waals surface area contributed by atoms with Crippen LogP contribution in [0, 0.1) is 10.1 Å². The van der Waals surface area contributed by atoms with Crippen molar-refractivity contribution in [1.29, 1.82) is 0 Å². The summed E-state index contributed by atoms with van der Waals surface area (Å²) in [6.07, 6.45) is 0.249. The van der Waals surface area contributed by atoms with Crippen LogP contribution in [0.4, 0.5) is 11.4 Å². The van der Waals surface area contributed by atoms with Crippen molar-refractivity contribution in [1.82, 2.24) is 9.13 Å². The van der Waals surface area contributed by atoms with E-state index in [-0.39, 0.29) is 23.2 Å². The lowest BCUT2D eigenvalue weighted by atomic mass is 10.1. The maximum absolute atomic E-state index is 13.7. The minimum absolute atomic E-state index is 0.0409. The number of carbonyl (C=O) groups is 1. The second-order valence-corrected chi connectivity index (χ2v) is 7.73. The van der Waals surface area contributed by atoms with Crippen LogP contribution in [-0.4, -0.2) is 27.1 Å². The summed E-state index contributed by atoms with van der Waals surface area (Å²) >= 11 is 0. The number of ether oxygens (including phenoxy) is 1. The number of methoxy groups -OCH3 is 1. The van der Waals surface area contributed by atoms with Crippen LogP contribution in [0.25, 0.3) is 16.6 Å². The predicted octanol–water partition coefficient (Wildman–Crippen LogP) is 3.66. The van der Waals surface area contributed by atoms with E-state index in [4.69, 9.17) is 4.74 Å². The zero-order chi connectivity index (χ0) is 25.1. The van der Waals surface area contributed by atoms with E-state index in [2.05, 4.69) is 5.32 Å². The van der Waals surface area contributed by atoms with Gasteiger partial charge < -0.3 is 10.1 Å². The molecule has 0 aliphatic heterocycles. The van der Waals surface area contributed by atoms with Crippen LogP contribution in [0.2, 0.25) is 0 Å². The number of nitrogens with one attached hydrogen (secondary N) is 1. The van der Waals surface area contributed by atoms with Crippen LogP contribution in [0.1, 0.15) is 19.4 Å². The molecule has 0 radical (unpaired) electrons. The molecule has 0 bridgehead atoms. The largest absolute Gasteiger partial charge is 0.497 e. The number of nitro groups is 1. The summed E-state index contributed by atoms with van der Waals surface area (Å²) < 4.78 is 7.25. The molecule has 0 saturated carbocycles. The van der Waals surface area contributed by atoms with E-state index in [0.29, 0.717) is 17.0 Å². The molecule has 10 heteroatoms. The summed E-state index contributed by atoms with van der Waals surface area (Å²) in [6.45, 7) is 1.75. The Morgan fingerprint density at radius 2 is 1.77 bits per heavy atom. The Kier molecular flexibility index (Phi) is 6.45. The molecule has 4 rings (SSSR count). The molecule has 0 fully saturated rings. The molecule has 4 aromatic rings. The van der Waals surface area contributed by atoms with Crippen LogP contribution in [0.15, 0.2) is 82.4 Å². The molecule has 1 aromatic heterocycles. The summed E-state index contributed by atoms with van der Waals surface area (Å²) in [5.41, 5.74) is -0.824. The van der Waals surface area contributed by atoms with Gasteiger partial charge in [-0.25, -0.2) is 9.36 Å². The van der Waals surface area contributed by atoms with Crippen molar-refractivity contribution in [3.8, 4) is 11.4 Å². The molecule has 0 saturated heterocycles. The molecule has 10 nitrogen and oxygen atoms in total. The second-order valence-electron chi connectivity index (χ2n) is 7.73. The smallest absolute Gasteiger partial charge is 0.336 e. The van der Waals surface area contributed by atoms with Crippen molar-refractivity contribution < 1.29 is 14.5 Å². The molecule has 0 aliphatic carbocycles. The highest BCUT2D eigenvalue weighted by Crippen LogP contribution is 2.22. The van der Waals surface area contributed by atoms with Crippen LogP contribution < -0.4 is 21.3 Å². The fourth-order valence-corrected chi connectivity index (χ4v) is 3.94. The summed E-state index contributed by atoms with van der Waals surface area (Å²) in [5.74, 6) is 0.176. The van der Waals surface area contributed by atoms with Crippen LogP contribution in [0.5, 0.6) is 5.75 Å². The van der Waals surface area contributed by atoms with Gasteiger partial charge >= 0.3 is 5.69 Å². The highest BCUT2D eigenvalue weighted by atomic mass is 16.6. The molecule has 0 unspecified atom stereocenters. The van der Waals surface area contributed by atoms with Crippen molar-refractivity contribution >= 4 is 28.2 Å². The van der Waals surface area contributed by atoms with E-state index in [1.165, 1.54) is 29.9 Å². The molecule has 35 heavy (non-hydrogen) atoms. The zero-order valence-corrected chi connectivity index (χ0v) is 19.0. The van der Waals surface area contributed by atoms with Gasteiger partial charge in [-0.15, -0.1) is 0 Å². The molecule has 1 N–H and O–H groups in total. The van der Waals surface area contributed by atoms with Gasteiger partial charge in [-0.3, -0.25) is 24.3 Å². The number of para-hydroxylation sites is 1. The average Bonchev–Trinajstić information content (AvgIpc) is 2.87. The first-order valence-electron chi connectivity index (χ1n) is 10.8. The van der Waals surface area contributed by atoms with Crippen LogP contribution in [-0.2, 0) is 4.79 Å². The third-order valence-electron chi connectivity index (χ3n) is 5.65. The second kappa shape index (κ2) is 9.64. The molecule has 1 amide bonds. The lowest BCUT2D eigenvalue weighted by Gasteiger charge is -2.21. The highest BCUT2D eigenvalue weighted by Gasteiger charge is 2.25. The Morgan fingerprint density at radius 3 is 2.43 bits per heavy atom. The van der Waals surface area contributed by atoms with E-state index in [0.717, 1.165) is 10.6 Å². The average molecular weight is 474 g/mol. The lowest BCUT2D eigenvalue weighted by molar-refractivity contribution is -0.384. The van der Waals surface area contributed by atoms with Gasteiger partial charge in [0.25, 0.3) is 11.2 Å². The zero-order valence-electron chi connectivity index (χ0n) is 19.0. The van der Waals surface area contributed by atoms with E-state index in [1.807, 2.05) is 0 Å². The third-order valence-corrected chi connectivity index (χ3v) is 5.65. The standard InChI is InChI=1S/C25H22N4O6/c1-3-21(23(30)26-16-11-13-19(35-2)14-12-16)28-22-10-5-4-9-20(22)24(31)27(25(28)32)17-7-6-8-18(15-17)29(33)34/h4-15,21H,3H2,1-2H3,(H,26,30)/t21-/m0/s1. The van der Waals surface area contributed by atoms with E-state index >= 15 is 0 Å². The first kappa shape index (κ1) is 23.4. The van der Waals surface area contributed by atoms with Crippen molar-refractivity contribution in [2.75, 3.05) is 12.4 Å². The third kappa shape index (κ3) is 4.41. The van der Waals surface area contributed by atoms with E-state index in [9.17, 15) is 24.5 Å². The number of non-ortho nitro benzene ring substituents is 1. The summed E-state index contributed by atoms with van der Waals surface area (Å²) in [4.78, 5) is 50.9. The Balaban J connectivity index is 1.89. The van der Waals surface area contributed by atoms with Gasteiger partial charge in [-0.05, 0) is 48.9 Å². The number of hydrogen-bond donors (Lipinski definition) is 1. The minimum atomic E-state index is -0.958. The first-order chi connectivity index (χ1) is 16.8. The number of hydrogen-bond acceptors (Lipinski definition) is 6. The number of rotatable bonds is 7. The predicted molar refractivity (Wildman–Crippen MR) is 131 cm³/mol. The Bertz CT molecular complexity index is 1540. The molecule has 1 atom stereocenters. The monoisotopic (exact) mass is 474 g/mol. The molecular weight excluding hydrogens is 452 g/mol. The maximum Gasteiger partial charge on any atom is 0.336 e. The maximum atomic E-state index is 13.7. The Labute approximate surface area is 199 Å². The van der Waals surface area contributed by atoms with Crippen LogP contribution >= 0.6 is 0 Å². The van der Waals surface area contributed by atoms with Gasteiger partial charge in [-0.1, -0.05) is 25.1 Å². The summed E-state index contributed by atoms with van der Waals surface area (Å²) in [6, 6.07) is 17.5. The van der Waals surface area contributed by atoms with E-state index in [1.54, 1.807) is 55.5 Å². The minimum Gasteiger partial charge on any atom is -0.497 e. The van der Waals surface area contributed by atoms with E-state index < -0.39 is 28.1 Å². The number of nitrogens with zero attached hydrogens (tertiary/aromatic N) is 3. The quantitative estimate of drug-likeness (QED) is 0.322. The fourth-order valence-electron chi connectivity index (χ4n) is 3.94. The Morgan fingerprint density at radius 1 is 1.06 bits per heavy atom. The van der Waals surface area contributed by atoms with Crippen molar-refractivity contribution in [2.24, 2.45) is 0 Å². The van der Waals surface area contributed by atoms with Gasteiger partial charge in [0.15, 0.2) is 0 Å². The SMILES string of the molecule is CC[C@@H](C(=O)Nc1ccc(OC)cc1)n1c(=O)n(-c2cccc([N+](=O)[O-])c2)c(=O)c2ccccc21. The van der Waals surface area contributed by atoms with Crippen molar-refractivity contribution in [2.45, 2.75) is 19.4 Å². The summed E-state index contributed by atoms with van der Waals surface area (Å²) in [5, 5.41) is 14.3. The van der Waals surface area contributed by atoms with Gasteiger partial charge in [0.2, 0.25) is 5.91 Å². The topological polar surface area (TPSA) is 125 Å². The number of aromatic nitrogens is 2. The molecule has 0 spiro atoms. The fraction of sp³-hybridized carbons (Fsp3) is 0.160. The van der Waals surface area contributed by atoms with Gasteiger partial charge in [0, 0.05) is 17.8 Å². The molecule has 1 heterocycles. The van der Waals surface area contributed by atoms with Gasteiger partial charge in [-0.2, -0.15) is 0 Å². The molecule has 0 aliphatic rings.